The van der Waals surface area contributed by atoms with E-state index in [1.54, 1.807) is 0 Å². The van der Waals surface area contributed by atoms with Gasteiger partial charge >= 0.3 is 5.97 Å². The number of aliphatic hydroxyl groups excluding tert-OH is 14. The van der Waals surface area contributed by atoms with Gasteiger partial charge in [0.1, 0.15) is 79.9 Å². The number of esters is 1. The molecule has 3 saturated carbocycles. The molecule has 7 rings (SSSR count). The van der Waals surface area contributed by atoms with Gasteiger partial charge in [0.15, 0.2) is 18.9 Å². The van der Waals surface area contributed by atoms with Crippen molar-refractivity contribution < 1.29 is 119 Å². The molecule has 0 spiro atoms. The van der Waals surface area contributed by atoms with Crippen LogP contribution in [0.25, 0.3) is 0 Å². The number of hydrogen-bond acceptors (Lipinski definition) is 24. The van der Waals surface area contributed by atoms with E-state index in [-0.39, 0.29) is 43.9 Å². The van der Waals surface area contributed by atoms with Crippen LogP contribution in [0.1, 0.15) is 57.8 Å². The van der Waals surface area contributed by atoms with Crippen LogP contribution < -0.4 is 0 Å². The van der Waals surface area contributed by atoms with Gasteiger partial charge in [-0.1, -0.05) is 6.08 Å². The first-order valence-electron chi connectivity index (χ1n) is 23.3. The molecule has 27 unspecified atom stereocenters. The van der Waals surface area contributed by atoms with Gasteiger partial charge in [0.25, 0.3) is 0 Å². The van der Waals surface area contributed by atoms with Gasteiger partial charge in [-0.15, -0.1) is 0 Å². The first-order valence-corrected chi connectivity index (χ1v) is 23.3. The van der Waals surface area contributed by atoms with Gasteiger partial charge < -0.3 is 114 Å². The lowest BCUT2D eigenvalue weighted by Gasteiger charge is -2.53. The zero-order chi connectivity index (χ0) is 48.4. The minimum atomic E-state index is -1.96. The molecule has 67 heavy (non-hydrogen) atoms. The number of rotatable bonds is 14. The summed E-state index contributed by atoms with van der Waals surface area (Å²) in [5.74, 6) is -2.12. The standard InChI is InChI=1S/C43H70O24/c1-59-25-9-17(4-6-21(25)48)39-26(12-19-23(61-39)10-18(46)11-24(19)62-41-37(57)34(54)31(51)27(13-44)64-41)63-43-40(67-42-38(58)35(55)32(52)28(14-45)65-42)36(56)33(53)29(66-43)15-60-30(50)7-3-16-2-5-20(47)22(49)8-16/h3,7,16-29,31-49,51-58H,2,4-6,8-15H2,1H3. The number of ether oxygens (including phenoxy) is 9. The van der Waals surface area contributed by atoms with Crippen LogP contribution in [-0.2, 0) is 47.4 Å². The first kappa shape index (κ1) is 53.1. The van der Waals surface area contributed by atoms with E-state index < -0.39 is 179 Å². The van der Waals surface area contributed by atoms with Crippen molar-refractivity contribution in [2.24, 2.45) is 17.8 Å². The second kappa shape index (κ2) is 23.3. The number of methoxy groups -OCH3 is 1. The Kier molecular flexibility index (Phi) is 18.4. The number of aliphatic hydroxyl groups is 14. The quantitative estimate of drug-likeness (QED) is 0.0569. The molecule has 24 nitrogen and oxygen atoms in total. The van der Waals surface area contributed by atoms with Crippen molar-refractivity contribution in [1.29, 1.82) is 0 Å². The molecule has 0 aromatic carbocycles. The maximum absolute atomic E-state index is 12.9. The SMILES string of the molecule is COC1CC(C2OC3CC(O)CC(OC4OC(CO)C(O)C(O)C4O)C3CC2OC2OC(COC(=O)C=CC3CCC(O)C(O)C3)C(O)C(O)C2OC2OC(CO)C(O)C(O)C2O)CCC1O. The number of hydrogen-bond donors (Lipinski definition) is 14. The largest absolute Gasteiger partial charge is 0.460 e. The minimum absolute atomic E-state index is 0.0167. The van der Waals surface area contributed by atoms with Crippen molar-refractivity contribution in [1.82, 2.24) is 0 Å². The van der Waals surface area contributed by atoms with Crippen molar-refractivity contribution in [3.05, 3.63) is 12.2 Å². The van der Waals surface area contributed by atoms with Crippen molar-refractivity contribution in [2.45, 2.75) is 205 Å². The topological polar surface area (TPSA) is 383 Å². The van der Waals surface area contributed by atoms with Crippen molar-refractivity contribution in [3.8, 4) is 0 Å². The minimum Gasteiger partial charge on any atom is -0.460 e. The van der Waals surface area contributed by atoms with Crippen LogP contribution in [-0.4, -0.2) is 251 Å². The summed E-state index contributed by atoms with van der Waals surface area (Å²) >= 11 is 0. The summed E-state index contributed by atoms with van der Waals surface area (Å²) in [6.07, 6.45) is -28.7. The van der Waals surface area contributed by atoms with Crippen LogP contribution in [0.3, 0.4) is 0 Å². The first-order chi connectivity index (χ1) is 31.9. The summed E-state index contributed by atoms with van der Waals surface area (Å²) in [6, 6.07) is 0. The summed E-state index contributed by atoms with van der Waals surface area (Å²) in [7, 11) is 1.46. The van der Waals surface area contributed by atoms with Crippen LogP contribution in [0, 0.1) is 17.8 Å². The van der Waals surface area contributed by atoms with Gasteiger partial charge in [-0.2, -0.15) is 0 Å². The molecule has 0 radical (unpaired) electrons. The van der Waals surface area contributed by atoms with Crippen LogP contribution in [0.5, 0.6) is 0 Å². The molecule has 0 aromatic heterocycles. The lowest BCUT2D eigenvalue weighted by Crippen LogP contribution is -2.66. The Balaban J connectivity index is 1.16. The van der Waals surface area contributed by atoms with Gasteiger partial charge in [-0.25, -0.2) is 4.79 Å². The zero-order valence-corrected chi connectivity index (χ0v) is 37.1. The van der Waals surface area contributed by atoms with Crippen molar-refractivity contribution in [2.75, 3.05) is 26.9 Å². The van der Waals surface area contributed by atoms with E-state index in [4.69, 9.17) is 42.6 Å². The lowest BCUT2D eigenvalue weighted by molar-refractivity contribution is -0.380. The van der Waals surface area contributed by atoms with Gasteiger partial charge in [-0.3, -0.25) is 0 Å². The summed E-state index contributed by atoms with van der Waals surface area (Å²) in [6.45, 7) is -2.17. The van der Waals surface area contributed by atoms with E-state index in [2.05, 4.69) is 0 Å². The molecule has 24 heteroatoms. The van der Waals surface area contributed by atoms with E-state index in [0.29, 0.717) is 25.7 Å². The molecule has 4 heterocycles. The maximum Gasteiger partial charge on any atom is 0.330 e. The average Bonchev–Trinajstić information content (AvgIpc) is 3.31. The highest BCUT2D eigenvalue weighted by molar-refractivity contribution is 5.81. The molecule has 7 fully saturated rings. The maximum atomic E-state index is 12.9. The number of carbonyl (C=O) groups is 1. The van der Waals surface area contributed by atoms with Crippen LogP contribution in [0.15, 0.2) is 12.2 Å². The number of allylic oxidation sites excluding steroid dienone is 1. The Hall–Kier alpha value is -1.67. The number of carbonyl (C=O) groups excluding carboxylic acids is 1. The molecular formula is C43H70O24. The van der Waals surface area contributed by atoms with Gasteiger partial charge in [0.2, 0.25) is 0 Å². The van der Waals surface area contributed by atoms with E-state index in [1.165, 1.54) is 13.2 Å². The Bertz CT molecular complexity index is 1590. The fourth-order valence-corrected chi connectivity index (χ4v) is 10.7. The highest BCUT2D eigenvalue weighted by Crippen LogP contribution is 2.45. The summed E-state index contributed by atoms with van der Waals surface area (Å²) in [4.78, 5) is 12.9. The van der Waals surface area contributed by atoms with Crippen LogP contribution in [0.4, 0.5) is 0 Å². The van der Waals surface area contributed by atoms with Gasteiger partial charge in [0.05, 0.1) is 68.1 Å². The molecule has 14 N–H and O–H groups in total. The smallest absolute Gasteiger partial charge is 0.330 e. The molecule has 7 aliphatic rings. The van der Waals surface area contributed by atoms with Crippen LogP contribution in [0.2, 0.25) is 0 Å². The fraction of sp³-hybridized carbons (Fsp3) is 0.930. The molecule has 0 bridgehead atoms. The molecule has 27 atom stereocenters. The third kappa shape index (κ3) is 12.0. The van der Waals surface area contributed by atoms with Crippen LogP contribution >= 0.6 is 0 Å². The molecule has 0 aromatic rings. The Labute approximate surface area is 386 Å². The Morgan fingerprint density at radius 2 is 1.15 bits per heavy atom. The normalized spacial score (nSPS) is 51.0. The molecule has 386 valence electrons. The Morgan fingerprint density at radius 1 is 0.552 bits per heavy atom. The van der Waals surface area contributed by atoms with E-state index >= 15 is 0 Å². The monoisotopic (exact) mass is 970 g/mol. The lowest BCUT2D eigenvalue weighted by atomic mass is 9.72. The number of fused-ring (bicyclic) bond motifs is 1. The third-order valence-electron chi connectivity index (χ3n) is 14.7. The second-order valence-electron chi connectivity index (χ2n) is 19.1. The molecular weight excluding hydrogens is 900 g/mol. The highest BCUT2D eigenvalue weighted by Gasteiger charge is 2.56. The van der Waals surface area contributed by atoms with Gasteiger partial charge in [0, 0.05) is 25.5 Å². The van der Waals surface area contributed by atoms with E-state index in [9.17, 15) is 76.3 Å². The molecule has 0 amide bonds. The molecule has 4 aliphatic heterocycles. The van der Waals surface area contributed by atoms with E-state index in [0.717, 1.165) is 6.08 Å². The third-order valence-corrected chi connectivity index (χ3v) is 14.7. The highest BCUT2D eigenvalue weighted by atomic mass is 16.8. The summed E-state index contributed by atoms with van der Waals surface area (Å²) in [5.41, 5.74) is 0. The molecule has 4 saturated heterocycles. The fourth-order valence-electron chi connectivity index (χ4n) is 10.7. The van der Waals surface area contributed by atoms with Gasteiger partial charge in [-0.05, 0) is 63.2 Å². The Morgan fingerprint density at radius 3 is 1.78 bits per heavy atom. The van der Waals surface area contributed by atoms with Crippen molar-refractivity contribution in [3.63, 3.8) is 0 Å². The predicted octanol–water partition coefficient (Wildman–Crippen LogP) is -6.09. The van der Waals surface area contributed by atoms with Crippen molar-refractivity contribution >= 4 is 5.97 Å². The second-order valence-corrected chi connectivity index (χ2v) is 19.1. The average molecular weight is 971 g/mol. The summed E-state index contributed by atoms with van der Waals surface area (Å²) in [5, 5.41) is 148. The molecule has 3 aliphatic carbocycles. The summed E-state index contributed by atoms with van der Waals surface area (Å²) < 4.78 is 54.3. The van der Waals surface area contributed by atoms with E-state index in [1.807, 2.05) is 0 Å². The predicted molar refractivity (Wildman–Crippen MR) is 218 cm³/mol. The zero-order valence-electron chi connectivity index (χ0n) is 37.1.